The Morgan fingerprint density at radius 3 is 1.65 bits per heavy atom. The van der Waals surface area contributed by atoms with Gasteiger partial charge in [-0.3, -0.25) is 13.9 Å². The smallest absolute Gasteiger partial charge is 0.353 e. The molecular formula is C15H30NNaO5S. The van der Waals surface area contributed by atoms with E-state index in [0.29, 0.717) is 0 Å². The summed E-state index contributed by atoms with van der Waals surface area (Å²) in [6.45, 7) is 8.04. The van der Waals surface area contributed by atoms with Crippen molar-refractivity contribution in [3.05, 3.63) is 19.6 Å². The van der Waals surface area contributed by atoms with Gasteiger partial charge in [0, 0.05) is 6.54 Å². The van der Waals surface area contributed by atoms with E-state index in [1.165, 1.54) is 57.4 Å². The molecule has 8 heteroatoms. The van der Waals surface area contributed by atoms with Crippen LogP contribution in [-0.4, -0.2) is 30.0 Å². The van der Waals surface area contributed by atoms with E-state index in [1.807, 2.05) is 0 Å². The maximum Gasteiger partial charge on any atom is 1.00 e. The second-order valence-corrected chi connectivity index (χ2v) is 5.87. The zero-order valence-electron chi connectivity index (χ0n) is 14.3. The topological polar surface area (TPSA) is 104 Å². The Balaban J connectivity index is -0.000000578. The Morgan fingerprint density at radius 2 is 1.30 bits per heavy atom. The van der Waals surface area contributed by atoms with E-state index in [4.69, 9.17) is 17.5 Å². The molecule has 1 amide bonds. The minimum Gasteiger partial charge on any atom is -0.353 e. The summed E-state index contributed by atoms with van der Waals surface area (Å²) >= 11 is 0. The van der Waals surface area contributed by atoms with Crippen LogP contribution >= 0.6 is 0 Å². The zero-order chi connectivity index (χ0) is 17.3. The Kier molecular flexibility index (Phi) is 24.4. The molecule has 132 valence electrons. The molecule has 0 aliphatic carbocycles. The molecule has 6 nitrogen and oxygen atoms in total. The van der Waals surface area contributed by atoms with Gasteiger partial charge in [-0.25, -0.2) is 0 Å². The standard InChI is InChI=1S/C15H28NO.Na.H2O4S/c1-3-5-6-7-8-9-10-11-12-13-14-16-15(17)4-2;;1-5(2,3)4/h4H,1-3,5-14H2,(H,16,17);;(H2,1,2,3,4)/q-1;+1;. The Morgan fingerprint density at radius 1 is 0.957 bits per heavy atom. The van der Waals surface area contributed by atoms with Crippen LogP contribution in [0.15, 0.2) is 12.7 Å². The molecule has 0 saturated carbocycles. The summed E-state index contributed by atoms with van der Waals surface area (Å²) in [4.78, 5) is 10.8. The van der Waals surface area contributed by atoms with E-state index in [2.05, 4.69) is 18.8 Å². The molecule has 0 rings (SSSR count). The van der Waals surface area contributed by atoms with Crippen molar-refractivity contribution in [1.29, 1.82) is 0 Å². The van der Waals surface area contributed by atoms with Crippen LogP contribution in [0.25, 0.3) is 0 Å². The van der Waals surface area contributed by atoms with Crippen LogP contribution in [0.3, 0.4) is 0 Å². The van der Waals surface area contributed by atoms with Gasteiger partial charge < -0.3 is 12.2 Å². The number of rotatable bonds is 12. The SMILES string of the molecule is C=CC(=O)NCCCCCCCCCCC[CH2-].O=S(=O)(O)O.[Na+]. The van der Waals surface area contributed by atoms with E-state index in [0.717, 1.165) is 19.4 Å². The monoisotopic (exact) mass is 359 g/mol. The van der Waals surface area contributed by atoms with Crippen LogP contribution in [0.2, 0.25) is 0 Å². The van der Waals surface area contributed by atoms with Crippen LogP contribution < -0.4 is 34.9 Å². The average molecular weight is 359 g/mol. The van der Waals surface area contributed by atoms with Gasteiger partial charge in [0.2, 0.25) is 5.91 Å². The molecule has 0 aliphatic rings. The third-order valence-electron chi connectivity index (χ3n) is 2.91. The first-order valence-corrected chi connectivity index (χ1v) is 9.10. The van der Waals surface area contributed by atoms with Gasteiger partial charge in [0.15, 0.2) is 0 Å². The van der Waals surface area contributed by atoms with Gasteiger partial charge in [0.1, 0.15) is 0 Å². The van der Waals surface area contributed by atoms with E-state index in [1.54, 1.807) is 0 Å². The summed E-state index contributed by atoms with van der Waals surface area (Å²) < 4.78 is 31.6. The molecule has 0 spiro atoms. The number of unbranched alkanes of at least 4 members (excludes halogenated alkanes) is 9. The molecular weight excluding hydrogens is 329 g/mol. The van der Waals surface area contributed by atoms with Crippen molar-refractivity contribution >= 4 is 16.3 Å². The third-order valence-corrected chi connectivity index (χ3v) is 2.91. The predicted octanol–water partition coefficient (Wildman–Crippen LogP) is 0.375. The molecule has 0 aromatic heterocycles. The van der Waals surface area contributed by atoms with Crippen LogP contribution in [0.4, 0.5) is 0 Å². The fourth-order valence-corrected chi connectivity index (χ4v) is 1.82. The van der Waals surface area contributed by atoms with Crippen molar-refractivity contribution in [3.8, 4) is 0 Å². The maximum absolute atomic E-state index is 10.8. The van der Waals surface area contributed by atoms with Crippen molar-refractivity contribution < 1.29 is 51.9 Å². The first kappa shape index (κ1) is 27.9. The quantitative estimate of drug-likeness (QED) is 0.154. The van der Waals surface area contributed by atoms with Crippen molar-refractivity contribution in [2.75, 3.05) is 6.54 Å². The molecule has 0 atom stereocenters. The average Bonchev–Trinajstić information content (AvgIpc) is 2.42. The molecule has 3 N–H and O–H groups in total. The van der Waals surface area contributed by atoms with E-state index < -0.39 is 10.4 Å². The fraction of sp³-hybridized carbons (Fsp3) is 0.733. The Labute approximate surface area is 163 Å². The largest absolute Gasteiger partial charge is 1.00 e. The number of nitrogens with one attached hydrogen (secondary N) is 1. The van der Waals surface area contributed by atoms with Gasteiger partial charge in [-0.2, -0.15) is 14.8 Å². The summed E-state index contributed by atoms with van der Waals surface area (Å²) in [7, 11) is -4.67. The van der Waals surface area contributed by atoms with Gasteiger partial charge in [-0.1, -0.05) is 57.9 Å². The summed E-state index contributed by atoms with van der Waals surface area (Å²) in [5.74, 6) is -0.0598. The maximum atomic E-state index is 10.8. The van der Waals surface area contributed by atoms with E-state index >= 15 is 0 Å². The van der Waals surface area contributed by atoms with Gasteiger partial charge >= 0.3 is 40.0 Å². The zero-order valence-corrected chi connectivity index (χ0v) is 17.1. The van der Waals surface area contributed by atoms with Crippen LogP contribution in [-0.2, 0) is 15.2 Å². The third kappa shape index (κ3) is 39.1. The molecule has 0 radical (unpaired) electrons. The minimum absolute atomic E-state index is 0. The van der Waals surface area contributed by atoms with Gasteiger partial charge in [0.25, 0.3) is 0 Å². The van der Waals surface area contributed by atoms with Crippen molar-refractivity contribution in [1.82, 2.24) is 5.32 Å². The van der Waals surface area contributed by atoms with Crippen LogP contribution in [0.1, 0.15) is 64.2 Å². The molecule has 0 heterocycles. The summed E-state index contributed by atoms with van der Waals surface area (Å²) in [6.07, 6.45) is 14.0. The van der Waals surface area contributed by atoms with Crippen LogP contribution in [0, 0.1) is 6.92 Å². The van der Waals surface area contributed by atoms with Crippen molar-refractivity contribution in [3.63, 3.8) is 0 Å². The molecule has 0 aromatic rings. The van der Waals surface area contributed by atoms with Gasteiger partial charge in [-0.15, -0.1) is 0 Å². The number of carbonyl (C=O) groups is 1. The normalized spacial score (nSPS) is 10.0. The second kappa shape index (κ2) is 20.1. The molecule has 0 fully saturated rings. The van der Waals surface area contributed by atoms with Crippen LogP contribution in [0.5, 0.6) is 0 Å². The predicted molar refractivity (Wildman–Crippen MR) is 88.9 cm³/mol. The molecule has 0 aromatic carbocycles. The van der Waals surface area contributed by atoms with Gasteiger partial charge in [-0.05, 0) is 12.5 Å². The second-order valence-electron chi connectivity index (χ2n) is 4.98. The Hall–Kier alpha value is 0.0800. The number of hydrogen-bond acceptors (Lipinski definition) is 3. The summed E-state index contributed by atoms with van der Waals surface area (Å²) in [5.41, 5.74) is 0. The summed E-state index contributed by atoms with van der Waals surface area (Å²) in [5, 5.41) is 2.79. The van der Waals surface area contributed by atoms with Crippen molar-refractivity contribution in [2.45, 2.75) is 64.2 Å². The number of amides is 1. The number of hydrogen-bond donors (Lipinski definition) is 3. The van der Waals surface area contributed by atoms with E-state index in [-0.39, 0.29) is 35.5 Å². The molecule has 0 saturated heterocycles. The van der Waals surface area contributed by atoms with Gasteiger partial charge in [0.05, 0.1) is 0 Å². The fourth-order valence-electron chi connectivity index (χ4n) is 1.82. The number of carbonyl (C=O) groups excluding carboxylic acids is 1. The first-order chi connectivity index (χ1) is 10.3. The minimum atomic E-state index is -4.67. The molecule has 0 unspecified atom stereocenters. The molecule has 0 aliphatic heterocycles. The molecule has 0 bridgehead atoms. The molecule has 23 heavy (non-hydrogen) atoms. The Bertz CT molecular complexity index is 366. The first-order valence-electron chi connectivity index (χ1n) is 7.70. The summed E-state index contributed by atoms with van der Waals surface area (Å²) in [6, 6.07) is 0. The van der Waals surface area contributed by atoms with Crippen molar-refractivity contribution in [2.24, 2.45) is 0 Å². The van der Waals surface area contributed by atoms with E-state index in [9.17, 15) is 4.79 Å².